The Morgan fingerprint density at radius 1 is 1.15 bits per heavy atom. The summed E-state index contributed by atoms with van der Waals surface area (Å²) in [7, 11) is 0. The first-order valence-electron chi connectivity index (χ1n) is 11.7. The molecule has 0 bridgehead atoms. The van der Waals surface area contributed by atoms with Crippen LogP contribution < -0.4 is 10.6 Å². The third-order valence-corrected chi connectivity index (χ3v) is 8.37. The molecule has 1 atom stereocenters. The zero-order chi connectivity index (χ0) is 23.3. The summed E-state index contributed by atoms with van der Waals surface area (Å²) in [6.07, 6.45) is 3.16. The Morgan fingerprint density at radius 3 is 2.52 bits per heavy atom. The zero-order valence-electron chi connectivity index (χ0n) is 19.5. The number of benzene rings is 1. The van der Waals surface area contributed by atoms with Crippen molar-refractivity contribution in [1.29, 1.82) is 0 Å². The lowest BCUT2D eigenvalue weighted by molar-refractivity contribution is 0.0752. The lowest BCUT2D eigenvalue weighted by Gasteiger charge is -2.36. The monoisotopic (exact) mass is 466 g/mol. The number of carbonyl (C=O) groups excluding carboxylic acids is 1. The van der Waals surface area contributed by atoms with Crippen LogP contribution in [0.25, 0.3) is 10.2 Å². The quantitative estimate of drug-likeness (QED) is 0.569. The van der Waals surface area contributed by atoms with Crippen molar-refractivity contribution < 1.29 is 9.18 Å². The van der Waals surface area contributed by atoms with Gasteiger partial charge in [0.2, 0.25) is 0 Å². The van der Waals surface area contributed by atoms with Crippen LogP contribution in [-0.4, -0.2) is 42.0 Å². The maximum atomic E-state index is 13.3. The van der Waals surface area contributed by atoms with Crippen molar-refractivity contribution in [1.82, 2.24) is 9.88 Å². The van der Waals surface area contributed by atoms with Crippen molar-refractivity contribution >= 4 is 38.8 Å². The number of carbonyl (C=O) groups is 1. The summed E-state index contributed by atoms with van der Waals surface area (Å²) in [5.74, 6) is 0.374. The maximum absolute atomic E-state index is 13.3. The second kappa shape index (κ2) is 8.28. The van der Waals surface area contributed by atoms with E-state index in [0.29, 0.717) is 42.7 Å². The van der Waals surface area contributed by atoms with Gasteiger partial charge in [0, 0.05) is 42.9 Å². The fourth-order valence-electron chi connectivity index (χ4n) is 5.05. The van der Waals surface area contributed by atoms with Crippen LogP contribution in [0.3, 0.4) is 0 Å². The first-order chi connectivity index (χ1) is 15.7. The van der Waals surface area contributed by atoms with E-state index in [1.807, 2.05) is 4.90 Å². The van der Waals surface area contributed by atoms with Crippen LogP contribution in [0.4, 0.5) is 15.8 Å². The fourth-order valence-corrected chi connectivity index (χ4v) is 6.12. The van der Waals surface area contributed by atoms with Crippen molar-refractivity contribution in [3.63, 3.8) is 0 Å². The molecule has 1 aromatic carbocycles. The summed E-state index contributed by atoms with van der Waals surface area (Å²) >= 11 is 1.42. The van der Waals surface area contributed by atoms with E-state index in [2.05, 4.69) is 31.7 Å². The molecule has 1 amide bonds. The summed E-state index contributed by atoms with van der Waals surface area (Å²) in [5, 5.41) is 0.918. The summed E-state index contributed by atoms with van der Waals surface area (Å²) in [6.45, 7) is 9.56. The lowest BCUT2D eigenvalue weighted by atomic mass is 9.71. The molecule has 1 unspecified atom stereocenters. The number of nitrogens with zero attached hydrogens (tertiary/aromatic N) is 3. The number of piperazine rings is 1. The van der Waals surface area contributed by atoms with Crippen molar-refractivity contribution in [3.05, 3.63) is 52.3 Å². The second-order valence-corrected chi connectivity index (χ2v) is 11.4. The van der Waals surface area contributed by atoms with E-state index in [4.69, 9.17) is 10.7 Å². The largest absolute Gasteiger partial charge is 0.397 e. The van der Waals surface area contributed by atoms with Crippen LogP contribution in [0, 0.1) is 17.2 Å². The molecular formula is C26H31FN4OS. The number of nitrogen functional groups attached to an aromatic ring is 1. The van der Waals surface area contributed by atoms with Crippen molar-refractivity contribution in [2.75, 3.05) is 36.8 Å². The van der Waals surface area contributed by atoms with Gasteiger partial charge in [0.15, 0.2) is 0 Å². The number of thiophene rings is 1. The minimum Gasteiger partial charge on any atom is -0.397 e. The highest BCUT2D eigenvalue weighted by molar-refractivity contribution is 7.21. The molecule has 1 aliphatic heterocycles. The smallest absolute Gasteiger partial charge is 0.266 e. The average Bonchev–Trinajstić information content (AvgIpc) is 3.12. The first kappa shape index (κ1) is 22.1. The Bertz CT molecular complexity index is 1190. The topological polar surface area (TPSA) is 62.5 Å². The number of aromatic nitrogens is 1. The number of hydrogen-bond donors (Lipinski definition) is 1. The molecule has 3 aromatic rings. The summed E-state index contributed by atoms with van der Waals surface area (Å²) in [4.78, 5) is 23.8. The maximum Gasteiger partial charge on any atom is 0.266 e. The number of anilines is 2. The van der Waals surface area contributed by atoms with Crippen LogP contribution in [0.1, 0.15) is 48.1 Å². The number of pyridine rings is 1. The van der Waals surface area contributed by atoms with Gasteiger partial charge in [0.1, 0.15) is 15.5 Å². The Labute approximate surface area is 198 Å². The number of hydrogen-bond acceptors (Lipinski definition) is 5. The SMILES string of the molecule is CC(C)(C)C1CCc2nc3sc(C(=O)N4CCN(c5ccc(F)cc5)CC4)c(N)c3cc2C1. The average molecular weight is 467 g/mol. The van der Waals surface area contributed by atoms with Gasteiger partial charge in [-0.15, -0.1) is 11.3 Å². The minimum absolute atomic E-state index is 0.0141. The predicted molar refractivity (Wildman–Crippen MR) is 134 cm³/mol. The normalized spacial score (nSPS) is 19.1. The van der Waals surface area contributed by atoms with Crippen LogP contribution in [0.2, 0.25) is 0 Å². The first-order valence-corrected chi connectivity index (χ1v) is 12.5. The summed E-state index contributed by atoms with van der Waals surface area (Å²) in [5.41, 5.74) is 10.8. The molecule has 2 N–H and O–H groups in total. The minimum atomic E-state index is -0.239. The molecule has 0 saturated carbocycles. The van der Waals surface area contributed by atoms with E-state index >= 15 is 0 Å². The molecule has 1 aliphatic carbocycles. The van der Waals surface area contributed by atoms with E-state index in [1.54, 1.807) is 12.1 Å². The van der Waals surface area contributed by atoms with E-state index in [9.17, 15) is 9.18 Å². The van der Waals surface area contributed by atoms with Crippen LogP contribution in [0.5, 0.6) is 0 Å². The van der Waals surface area contributed by atoms with Crippen molar-refractivity contribution in [2.45, 2.75) is 40.0 Å². The van der Waals surface area contributed by atoms with E-state index < -0.39 is 0 Å². The van der Waals surface area contributed by atoms with E-state index in [1.165, 1.54) is 29.0 Å². The molecule has 174 valence electrons. The Kier molecular flexibility index (Phi) is 5.55. The Morgan fingerprint density at radius 2 is 1.85 bits per heavy atom. The number of halogens is 1. The fraction of sp³-hybridized carbons (Fsp3) is 0.462. The van der Waals surface area contributed by atoms with Gasteiger partial charge in [-0.25, -0.2) is 9.37 Å². The number of fused-ring (bicyclic) bond motifs is 2. The number of rotatable bonds is 2. The number of amides is 1. The number of aryl methyl sites for hydroxylation is 1. The van der Waals surface area contributed by atoms with Gasteiger partial charge in [-0.05, 0) is 66.5 Å². The molecule has 3 heterocycles. The third-order valence-electron chi connectivity index (χ3n) is 7.26. The van der Waals surface area contributed by atoms with E-state index in [-0.39, 0.29) is 17.1 Å². The van der Waals surface area contributed by atoms with Crippen molar-refractivity contribution in [2.24, 2.45) is 11.3 Å². The molecule has 7 heteroatoms. The highest BCUT2D eigenvalue weighted by Gasteiger charge is 2.31. The molecule has 1 fully saturated rings. The Balaban J connectivity index is 1.34. The molecule has 2 aromatic heterocycles. The van der Waals surface area contributed by atoms with Gasteiger partial charge in [0.25, 0.3) is 5.91 Å². The Hall–Kier alpha value is -2.67. The summed E-state index contributed by atoms with van der Waals surface area (Å²) in [6, 6.07) is 8.70. The van der Waals surface area contributed by atoms with Crippen LogP contribution in [-0.2, 0) is 12.8 Å². The number of nitrogens with two attached hydrogens (primary N) is 1. The van der Waals surface area contributed by atoms with Crippen molar-refractivity contribution in [3.8, 4) is 0 Å². The van der Waals surface area contributed by atoms with Crippen LogP contribution in [0.15, 0.2) is 30.3 Å². The highest BCUT2D eigenvalue weighted by atomic mass is 32.1. The molecule has 5 nitrogen and oxygen atoms in total. The highest BCUT2D eigenvalue weighted by Crippen LogP contribution is 2.40. The molecular weight excluding hydrogens is 435 g/mol. The predicted octanol–water partition coefficient (Wildman–Crippen LogP) is 5.13. The van der Waals surface area contributed by atoms with E-state index in [0.717, 1.165) is 40.9 Å². The van der Waals surface area contributed by atoms with Crippen LogP contribution >= 0.6 is 11.3 Å². The van der Waals surface area contributed by atoms with Gasteiger partial charge >= 0.3 is 0 Å². The molecule has 2 aliphatic rings. The van der Waals surface area contributed by atoms with Gasteiger partial charge in [-0.1, -0.05) is 20.8 Å². The summed E-state index contributed by atoms with van der Waals surface area (Å²) < 4.78 is 13.2. The standard InChI is InChI=1S/C26H31FN4OS/c1-26(2,3)17-4-9-21-16(14-17)15-20-22(28)23(33-24(20)29-21)25(32)31-12-10-30(11-13-31)19-7-5-18(27)6-8-19/h5-8,15,17H,4,9-14,28H2,1-3H3. The molecule has 0 spiro atoms. The zero-order valence-corrected chi connectivity index (χ0v) is 20.3. The second-order valence-electron chi connectivity index (χ2n) is 10.4. The third kappa shape index (κ3) is 4.19. The van der Waals surface area contributed by atoms with Gasteiger partial charge in [0.05, 0.1) is 5.69 Å². The molecule has 0 radical (unpaired) electrons. The van der Waals surface area contributed by atoms with Gasteiger partial charge in [-0.3, -0.25) is 4.79 Å². The lowest BCUT2D eigenvalue weighted by Crippen LogP contribution is -2.48. The molecule has 33 heavy (non-hydrogen) atoms. The molecule has 5 rings (SSSR count). The van der Waals surface area contributed by atoms with Gasteiger partial charge < -0.3 is 15.5 Å². The molecule has 1 saturated heterocycles. The van der Waals surface area contributed by atoms with Gasteiger partial charge in [-0.2, -0.15) is 0 Å².